The second-order valence-electron chi connectivity index (χ2n) is 7.48. The Morgan fingerprint density at radius 1 is 0.941 bits per heavy atom. The number of rotatable bonds is 7. The first-order valence-electron chi connectivity index (χ1n) is 10.3. The highest BCUT2D eigenvalue weighted by Gasteiger charge is 2.35. The van der Waals surface area contributed by atoms with E-state index in [9.17, 15) is 18.0 Å². The predicted octanol–water partition coefficient (Wildman–Crippen LogP) is 5.01. The van der Waals surface area contributed by atoms with E-state index in [1.54, 1.807) is 30.3 Å². The minimum Gasteiger partial charge on any atom is -0.493 e. The van der Waals surface area contributed by atoms with Gasteiger partial charge in [0.1, 0.15) is 4.90 Å². The van der Waals surface area contributed by atoms with E-state index in [-0.39, 0.29) is 27.8 Å². The van der Waals surface area contributed by atoms with Crippen LogP contribution < -0.4 is 8.92 Å². The summed E-state index contributed by atoms with van der Waals surface area (Å²) in [6.07, 6.45) is 1.44. The van der Waals surface area contributed by atoms with E-state index in [4.69, 9.17) is 8.92 Å². The molecule has 0 aliphatic carbocycles. The molecule has 0 saturated carbocycles. The van der Waals surface area contributed by atoms with Crippen LogP contribution in [-0.4, -0.2) is 31.6 Å². The number of thioether (sulfide) groups is 1. The summed E-state index contributed by atoms with van der Waals surface area (Å²) in [5, 5.41) is -0.405. The maximum atomic E-state index is 13.0. The van der Waals surface area contributed by atoms with E-state index in [0.29, 0.717) is 5.56 Å². The van der Waals surface area contributed by atoms with E-state index < -0.39 is 21.3 Å². The quantitative estimate of drug-likeness (QED) is 0.336. The van der Waals surface area contributed by atoms with Crippen LogP contribution in [0.25, 0.3) is 6.08 Å². The summed E-state index contributed by atoms with van der Waals surface area (Å²) in [4.78, 5) is 26.8. The first-order valence-corrected chi connectivity index (χ1v) is 12.5. The molecule has 0 atom stereocenters. The van der Waals surface area contributed by atoms with Crippen molar-refractivity contribution in [2.45, 2.75) is 18.4 Å². The van der Waals surface area contributed by atoms with Crippen LogP contribution in [0.3, 0.4) is 0 Å². The number of carbonyl (C=O) groups is 2. The third-order valence-electron chi connectivity index (χ3n) is 5.08. The highest BCUT2D eigenvalue weighted by molar-refractivity contribution is 8.18. The zero-order valence-corrected chi connectivity index (χ0v) is 20.1. The highest BCUT2D eigenvalue weighted by atomic mass is 32.2. The molecule has 0 aromatic heterocycles. The fourth-order valence-electron chi connectivity index (χ4n) is 3.30. The molecular weight excluding hydrogens is 474 g/mol. The molecule has 1 heterocycles. The fraction of sp³-hybridized carbons (Fsp3) is 0.120. The van der Waals surface area contributed by atoms with Crippen molar-refractivity contribution < 1.29 is 26.9 Å². The molecular formula is C25H21NO6S2. The zero-order valence-electron chi connectivity index (χ0n) is 18.4. The predicted molar refractivity (Wildman–Crippen MR) is 130 cm³/mol. The number of nitrogens with zero attached hydrogens (tertiary/aromatic N) is 1. The summed E-state index contributed by atoms with van der Waals surface area (Å²) < 4.78 is 36.6. The first kappa shape index (κ1) is 23.6. The van der Waals surface area contributed by atoms with E-state index >= 15 is 0 Å². The number of hydrogen-bond acceptors (Lipinski definition) is 7. The SMILES string of the molecule is COc1cccc(/C=C2\SC(=O)N(Cc3ccccc3)C2=O)c1OS(=O)(=O)c1ccc(C)cc1. The Morgan fingerprint density at radius 2 is 1.65 bits per heavy atom. The first-order chi connectivity index (χ1) is 16.3. The van der Waals surface area contributed by atoms with E-state index in [2.05, 4.69) is 0 Å². The summed E-state index contributed by atoms with van der Waals surface area (Å²) >= 11 is 0.787. The molecule has 7 nitrogen and oxygen atoms in total. The number of hydrogen-bond donors (Lipinski definition) is 0. The van der Waals surface area contributed by atoms with Gasteiger partial charge < -0.3 is 8.92 Å². The molecule has 1 saturated heterocycles. The molecule has 174 valence electrons. The lowest BCUT2D eigenvalue weighted by Crippen LogP contribution is -2.27. The van der Waals surface area contributed by atoms with Crippen molar-refractivity contribution >= 4 is 39.1 Å². The number of methoxy groups -OCH3 is 1. The molecule has 1 fully saturated rings. The van der Waals surface area contributed by atoms with Crippen LogP contribution in [-0.2, 0) is 21.5 Å². The second kappa shape index (κ2) is 9.74. The maximum Gasteiger partial charge on any atom is 0.339 e. The fourth-order valence-corrected chi connectivity index (χ4v) is 5.10. The largest absolute Gasteiger partial charge is 0.493 e. The molecule has 0 bridgehead atoms. The number of para-hydroxylation sites is 1. The summed E-state index contributed by atoms with van der Waals surface area (Å²) in [6, 6.07) is 20.2. The summed E-state index contributed by atoms with van der Waals surface area (Å²) in [5.74, 6) is -0.359. The van der Waals surface area contributed by atoms with Gasteiger partial charge in [0, 0.05) is 5.56 Å². The Kier molecular flexibility index (Phi) is 6.76. The van der Waals surface area contributed by atoms with Crippen LogP contribution in [0.1, 0.15) is 16.7 Å². The Labute approximate surface area is 202 Å². The van der Waals surface area contributed by atoms with Crippen molar-refractivity contribution in [3.8, 4) is 11.5 Å². The molecule has 0 unspecified atom stereocenters. The van der Waals surface area contributed by atoms with Gasteiger partial charge in [-0.2, -0.15) is 8.42 Å². The molecule has 3 aromatic carbocycles. The Morgan fingerprint density at radius 3 is 2.32 bits per heavy atom. The topological polar surface area (TPSA) is 90.0 Å². The van der Waals surface area contributed by atoms with Crippen LogP contribution in [0.15, 0.2) is 82.6 Å². The average Bonchev–Trinajstić information content (AvgIpc) is 3.08. The van der Waals surface area contributed by atoms with Crippen molar-refractivity contribution in [1.82, 2.24) is 4.90 Å². The third kappa shape index (κ3) is 5.00. The van der Waals surface area contributed by atoms with Crippen molar-refractivity contribution in [1.29, 1.82) is 0 Å². The molecule has 1 aliphatic heterocycles. The van der Waals surface area contributed by atoms with E-state index in [1.165, 1.54) is 25.3 Å². The number of amides is 2. The smallest absolute Gasteiger partial charge is 0.339 e. The summed E-state index contributed by atoms with van der Waals surface area (Å²) in [7, 11) is -2.79. The maximum absolute atomic E-state index is 13.0. The lowest BCUT2D eigenvalue weighted by Gasteiger charge is -2.14. The van der Waals surface area contributed by atoms with Gasteiger partial charge in [-0.25, -0.2) is 0 Å². The third-order valence-corrected chi connectivity index (χ3v) is 7.22. The standard InChI is InChI=1S/C25H21NO6S2/c1-17-11-13-20(14-12-17)34(29,30)32-23-19(9-6-10-21(23)31-2)15-22-24(27)26(25(28)33-22)16-18-7-4-3-5-8-18/h3-15H,16H2,1-2H3/b22-15-. The summed E-state index contributed by atoms with van der Waals surface area (Å²) in [5.41, 5.74) is 2.02. The minimum absolute atomic E-state index is 0.0156. The van der Waals surface area contributed by atoms with Crippen LogP contribution in [0.4, 0.5) is 4.79 Å². The van der Waals surface area contributed by atoms with Gasteiger partial charge >= 0.3 is 10.1 Å². The Bertz CT molecular complexity index is 1370. The average molecular weight is 496 g/mol. The van der Waals surface area contributed by atoms with Crippen molar-refractivity contribution in [2.75, 3.05) is 7.11 Å². The van der Waals surface area contributed by atoms with E-state index in [1.807, 2.05) is 37.3 Å². The number of benzene rings is 3. The highest BCUT2D eigenvalue weighted by Crippen LogP contribution is 2.39. The van der Waals surface area contributed by atoms with Gasteiger partial charge in [-0.1, -0.05) is 60.2 Å². The molecule has 3 aromatic rings. The normalized spacial score (nSPS) is 15.1. The van der Waals surface area contributed by atoms with Gasteiger partial charge in [-0.15, -0.1) is 0 Å². The minimum atomic E-state index is -4.17. The van der Waals surface area contributed by atoms with Gasteiger partial charge in [0.05, 0.1) is 18.6 Å². The lowest BCUT2D eigenvalue weighted by molar-refractivity contribution is -0.123. The summed E-state index contributed by atoms with van der Waals surface area (Å²) in [6.45, 7) is 1.99. The molecule has 0 radical (unpaired) electrons. The molecule has 34 heavy (non-hydrogen) atoms. The van der Waals surface area contributed by atoms with Gasteiger partial charge in [-0.3, -0.25) is 14.5 Å². The molecule has 9 heteroatoms. The van der Waals surface area contributed by atoms with Gasteiger partial charge in [0.25, 0.3) is 11.1 Å². The molecule has 2 amide bonds. The monoisotopic (exact) mass is 495 g/mol. The van der Waals surface area contributed by atoms with Gasteiger partial charge in [0.15, 0.2) is 11.5 Å². The Balaban J connectivity index is 1.67. The van der Waals surface area contributed by atoms with Crippen LogP contribution in [0.2, 0.25) is 0 Å². The number of ether oxygens (including phenoxy) is 1. The molecule has 4 rings (SSSR count). The second-order valence-corrected chi connectivity index (χ2v) is 10.0. The number of imide groups is 1. The number of carbonyl (C=O) groups excluding carboxylic acids is 2. The van der Waals surface area contributed by atoms with Crippen LogP contribution >= 0.6 is 11.8 Å². The molecule has 0 spiro atoms. The zero-order chi connectivity index (χ0) is 24.3. The van der Waals surface area contributed by atoms with Crippen molar-refractivity contribution in [3.63, 3.8) is 0 Å². The van der Waals surface area contributed by atoms with Crippen LogP contribution in [0.5, 0.6) is 11.5 Å². The van der Waals surface area contributed by atoms with Gasteiger partial charge in [-0.05, 0) is 48.5 Å². The number of aryl methyl sites for hydroxylation is 1. The lowest BCUT2D eigenvalue weighted by atomic mass is 10.1. The molecule has 0 N–H and O–H groups in total. The van der Waals surface area contributed by atoms with Crippen molar-refractivity contribution in [2.24, 2.45) is 0 Å². The van der Waals surface area contributed by atoms with Crippen LogP contribution in [0, 0.1) is 6.92 Å². The molecule has 1 aliphatic rings. The van der Waals surface area contributed by atoms with Crippen molar-refractivity contribution in [3.05, 3.63) is 94.4 Å². The Hall–Kier alpha value is -3.56. The van der Waals surface area contributed by atoms with E-state index in [0.717, 1.165) is 27.8 Å². The van der Waals surface area contributed by atoms with Gasteiger partial charge in [0.2, 0.25) is 0 Å².